The molecule has 0 unspecified atom stereocenters. The summed E-state index contributed by atoms with van der Waals surface area (Å²) < 4.78 is 12.9. The summed E-state index contributed by atoms with van der Waals surface area (Å²) in [5.41, 5.74) is 6.06. The Labute approximate surface area is 135 Å². The number of benzene rings is 1. The van der Waals surface area contributed by atoms with E-state index in [9.17, 15) is 14.0 Å². The largest absolute Gasteiger partial charge is 0.346 e. The lowest BCUT2D eigenvalue weighted by Crippen LogP contribution is -2.42. The van der Waals surface area contributed by atoms with Gasteiger partial charge in [0.2, 0.25) is 11.8 Å². The zero-order valence-electron chi connectivity index (χ0n) is 12.3. The molecule has 3 N–H and O–H groups in total. The molecule has 0 radical (unpaired) electrons. The molecule has 5 nitrogen and oxygen atoms in total. The number of nitrogens with one attached hydrogen (secondary N) is 1. The highest BCUT2D eigenvalue weighted by atomic mass is 35.5. The summed E-state index contributed by atoms with van der Waals surface area (Å²) in [5, 5.41) is 2.49. The maximum Gasteiger partial charge on any atom is 0.242 e. The van der Waals surface area contributed by atoms with Crippen LogP contribution >= 0.6 is 12.4 Å². The van der Waals surface area contributed by atoms with E-state index in [0.29, 0.717) is 19.0 Å². The van der Waals surface area contributed by atoms with E-state index in [1.165, 1.54) is 12.1 Å². The molecule has 0 aromatic heterocycles. The van der Waals surface area contributed by atoms with Crippen molar-refractivity contribution in [2.75, 3.05) is 19.6 Å². The average Bonchev–Trinajstić information content (AvgIpc) is 3.30. The number of carbonyl (C=O) groups is 2. The summed E-state index contributed by atoms with van der Waals surface area (Å²) in [5.74, 6) is -0.252. The Morgan fingerprint density at radius 3 is 2.45 bits per heavy atom. The Balaban J connectivity index is 0.00000242. The highest BCUT2D eigenvalue weighted by Crippen LogP contribution is 2.30. The molecule has 0 aliphatic heterocycles. The number of nitrogens with two attached hydrogens (primary N) is 1. The fraction of sp³-hybridized carbons (Fsp3) is 0.467. The Kier molecular flexibility index (Phi) is 7.27. The number of amides is 2. The van der Waals surface area contributed by atoms with Crippen LogP contribution in [-0.4, -0.2) is 36.3 Å². The van der Waals surface area contributed by atoms with Crippen molar-refractivity contribution in [3.8, 4) is 0 Å². The first-order valence-corrected chi connectivity index (χ1v) is 7.07. The molecule has 0 heterocycles. The van der Waals surface area contributed by atoms with E-state index >= 15 is 0 Å². The van der Waals surface area contributed by atoms with Crippen LogP contribution < -0.4 is 11.1 Å². The second kappa shape index (κ2) is 8.70. The van der Waals surface area contributed by atoms with Crippen molar-refractivity contribution in [3.63, 3.8) is 0 Å². The van der Waals surface area contributed by atoms with Gasteiger partial charge in [-0.05, 0) is 36.5 Å². The van der Waals surface area contributed by atoms with Crippen LogP contribution in [0.2, 0.25) is 0 Å². The minimum absolute atomic E-state index is 0. The van der Waals surface area contributed by atoms with Gasteiger partial charge < -0.3 is 16.0 Å². The fourth-order valence-electron chi connectivity index (χ4n) is 2.04. The first kappa shape index (κ1) is 18.4. The first-order chi connectivity index (χ1) is 10.1. The summed E-state index contributed by atoms with van der Waals surface area (Å²) in [6.45, 7) is 0.917. The summed E-state index contributed by atoms with van der Waals surface area (Å²) in [6, 6.07) is 6.10. The second-order valence-electron chi connectivity index (χ2n) is 5.32. The van der Waals surface area contributed by atoms with Crippen LogP contribution in [0.1, 0.15) is 18.4 Å². The van der Waals surface area contributed by atoms with Crippen LogP contribution in [0.4, 0.5) is 4.39 Å². The Morgan fingerprint density at radius 2 is 1.91 bits per heavy atom. The minimum atomic E-state index is -0.350. The van der Waals surface area contributed by atoms with Crippen molar-refractivity contribution in [1.29, 1.82) is 0 Å². The molecular formula is C15H21ClFN3O2. The smallest absolute Gasteiger partial charge is 0.242 e. The molecule has 1 saturated carbocycles. The molecule has 22 heavy (non-hydrogen) atoms. The topological polar surface area (TPSA) is 75.4 Å². The van der Waals surface area contributed by atoms with E-state index < -0.39 is 0 Å². The van der Waals surface area contributed by atoms with Gasteiger partial charge in [0, 0.05) is 13.1 Å². The van der Waals surface area contributed by atoms with Gasteiger partial charge in [0.25, 0.3) is 0 Å². The van der Waals surface area contributed by atoms with Gasteiger partial charge in [0.1, 0.15) is 5.82 Å². The Morgan fingerprint density at radius 1 is 1.27 bits per heavy atom. The molecule has 1 aromatic carbocycles. The minimum Gasteiger partial charge on any atom is -0.346 e. The zero-order chi connectivity index (χ0) is 15.2. The second-order valence-corrected chi connectivity index (χ2v) is 5.32. The lowest BCUT2D eigenvalue weighted by molar-refractivity contribution is -0.133. The van der Waals surface area contributed by atoms with E-state index in [1.54, 1.807) is 17.0 Å². The SMILES string of the molecule is Cl.NCC(=O)NCC(=O)N(Cc1ccc(F)cc1)CC1CC1. The molecule has 2 rings (SSSR count). The van der Waals surface area contributed by atoms with Crippen molar-refractivity contribution in [2.24, 2.45) is 11.7 Å². The molecule has 1 aromatic rings. The van der Waals surface area contributed by atoms with Crippen LogP contribution in [0.3, 0.4) is 0 Å². The van der Waals surface area contributed by atoms with Gasteiger partial charge in [-0.2, -0.15) is 0 Å². The highest BCUT2D eigenvalue weighted by Gasteiger charge is 2.26. The maximum atomic E-state index is 12.9. The Hall–Kier alpha value is -1.66. The number of hydrogen-bond acceptors (Lipinski definition) is 3. The standard InChI is InChI=1S/C15H20FN3O2.ClH/c16-13-5-3-12(4-6-13)10-19(9-11-1-2-11)15(21)8-18-14(20)7-17;/h3-6,11H,1-2,7-10,17H2,(H,18,20);1H. The van der Waals surface area contributed by atoms with E-state index in [1.807, 2.05) is 0 Å². The van der Waals surface area contributed by atoms with Gasteiger partial charge in [-0.1, -0.05) is 12.1 Å². The predicted molar refractivity (Wildman–Crippen MR) is 83.9 cm³/mol. The molecule has 122 valence electrons. The molecule has 0 spiro atoms. The van der Waals surface area contributed by atoms with Gasteiger partial charge >= 0.3 is 0 Å². The fourth-order valence-corrected chi connectivity index (χ4v) is 2.04. The molecule has 0 saturated heterocycles. The van der Waals surface area contributed by atoms with Crippen molar-refractivity contribution in [2.45, 2.75) is 19.4 Å². The van der Waals surface area contributed by atoms with Crippen molar-refractivity contribution in [1.82, 2.24) is 10.2 Å². The maximum absolute atomic E-state index is 12.9. The van der Waals surface area contributed by atoms with Crippen LogP contribution in [0.25, 0.3) is 0 Å². The highest BCUT2D eigenvalue weighted by molar-refractivity contribution is 5.85. The van der Waals surface area contributed by atoms with E-state index in [4.69, 9.17) is 5.73 Å². The Bertz CT molecular complexity index is 506. The number of carbonyl (C=O) groups excluding carboxylic acids is 2. The van der Waals surface area contributed by atoms with Crippen molar-refractivity contribution < 1.29 is 14.0 Å². The lowest BCUT2D eigenvalue weighted by atomic mass is 10.2. The van der Waals surface area contributed by atoms with Gasteiger partial charge in [-0.25, -0.2) is 4.39 Å². The average molecular weight is 330 g/mol. The van der Waals surface area contributed by atoms with Gasteiger partial charge in [-0.15, -0.1) is 12.4 Å². The van der Waals surface area contributed by atoms with Gasteiger partial charge in [-0.3, -0.25) is 9.59 Å². The van der Waals surface area contributed by atoms with Crippen molar-refractivity contribution in [3.05, 3.63) is 35.6 Å². The zero-order valence-corrected chi connectivity index (χ0v) is 13.1. The summed E-state index contributed by atoms with van der Waals surface area (Å²) in [6.07, 6.45) is 2.25. The molecule has 1 fully saturated rings. The van der Waals surface area contributed by atoms with Crippen molar-refractivity contribution >= 4 is 24.2 Å². The van der Waals surface area contributed by atoms with Crippen LogP contribution in [0, 0.1) is 11.7 Å². The molecule has 0 atom stereocenters. The first-order valence-electron chi connectivity index (χ1n) is 7.07. The van der Waals surface area contributed by atoms with E-state index in [-0.39, 0.29) is 43.1 Å². The monoisotopic (exact) mass is 329 g/mol. The van der Waals surface area contributed by atoms with Crippen LogP contribution in [-0.2, 0) is 16.1 Å². The lowest BCUT2D eigenvalue weighted by Gasteiger charge is -2.23. The third-order valence-corrected chi connectivity index (χ3v) is 3.44. The van der Waals surface area contributed by atoms with E-state index in [0.717, 1.165) is 18.4 Å². The molecule has 2 amide bonds. The summed E-state index contributed by atoms with van der Waals surface area (Å²) >= 11 is 0. The third-order valence-electron chi connectivity index (χ3n) is 3.44. The van der Waals surface area contributed by atoms with Crippen LogP contribution in [0.5, 0.6) is 0 Å². The quantitative estimate of drug-likeness (QED) is 0.785. The van der Waals surface area contributed by atoms with E-state index in [2.05, 4.69) is 5.32 Å². The number of hydrogen-bond donors (Lipinski definition) is 2. The van der Waals surface area contributed by atoms with Gasteiger partial charge in [0.15, 0.2) is 0 Å². The number of nitrogens with zero attached hydrogens (tertiary/aromatic N) is 1. The van der Waals surface area contributed by atoms with Gasteiger partial charge in [0.05, 0.1) is 13.1 Å². The molecule has 7 heteroatoms. The molecule has 0 bridgehead atoms. The predicted octanol–water partition coefficient (Wildman–Crippen LogP) is 1.06. The normalized spacial score (nSPS) is 13.2. The number of halogens is 2. The number of rotatable bonds is 7. The molecular weight excluding hydrogens is 309 g/mol. The molecule has 1 aliphatic rings. The molecule has 1 aliphatic carbocycles. The summed E-state index contributed by atoms with van der Waals surface area (Å²) in [7, 11) is 0. The van der Waals surface area contributed by atoms with Crippen LogP contribution in [0.15, 0.2) is 24.3 Å². The third kappa shape index (κ3) is 5.99. The summed E-state index contributed by atoms with van der Waals surface area (Å²) in [4.78, 5) is 25.0.